The third kappa shape index (κ3) is 2.58. The Hall–Kier alpha value is -0.410. The molecule has 3 rings (SSSR count). The minimum atomic E-state index is 0.695. The van der Waals surface area contributed by atoms with Crippen molar-refractivity contribution in [3.05, 3.63) is 16.1 Å². The van der Waals surface area contributed by atoms with Gasteiger partial charge in [-0.25, -0.2) is 4.98 Å². The van der Waals surface area contributed by atoms with Gasteiger partial charge in [0.2, 0.25) is 0 Å². The van der Waals surface area contributed by atoms with E-state index in [0.717, 1.165) is 12.3 Å². The maximum atomic E-state index is 4.73. The SMILES string of the molecule is c1sc(CC2CC2)nc1CC1CCCN1. The summed E-state index contributed by atoms with van der Waals surface area (Å²) in [6, 6.07) is 0.695. The average molecular weight is 222 g/mol. The molecular weight excluding hydrogens is 204 g/mol. The molecule has 1 aromatic heterocycles. The van der Waals surface area contributed by atoms with Gasteiger partial charge in [-0.15, -0.1) is 11.3 Å². The first kappa shape index (κ1) is 9.79. The van der Waals surface area contributed by atoms with E-state index in [-0.39, 0.29) is 0 Å². The summed E-state index contributed by atoms with van der Waals surface area (Å²) in [5, 5.41) is 7.16. The first-order chi connectivity index (χ1) is 7.40. The summed E-state index contributed by atoms with van der Waals surface area (Å²) in [5.41, 5.74) is 1.31. The van der Waals surface area contributed by atoms with E-state index < -0.39 is 0 Å². The molecule has 1 saturated carbocycles. The van der Waals surface area contributed by atoms with Crippen molar-refractivity contribution >= 4 is 11.3 Å². The van der Waals surface area contributed by atoms with Crippen molar-refractivity contribution in [2.24, 2.45) is 5.92 Å². The first-order valence-corrected chi connectivity index (χ1v) is 6.95. The van der Waals surface area contributed by atoms with Gasteiger partial charge in [0, 0.05) is 24.3 Å². The van der Waals surface area contributed by atoms with Gasteiger partial charge in [-0.3, -0.25) is 0 Å². The quantitative estimate of drug-likeness (QED) is 0.846. The number of nitrogens with one attached hydrogen (secondary N) is 1. The normalized spacial score (nSPS) is 26.0. The molecule has 0 aromatic carbocycles. The zero-order valence-corrected chi connectivity index (χ0v) is 9.85. The van der Waals surface area contributed by atoms with Crippen LogP contribution in [-0.4, -0.2) is 17.6 Å². The molecule has 0 radical (unpaired) electrons. The van der Waals surface area contributed by atoms with Crippen molar-refractivity contribution in [3.63, 3.8) is 0 Å². The van der Waals surface area contributed by atoms with Crippen LogP contribution in [0.5, 0.6) is 0 Å². The monoisotopic (exact) mass is 222 g/mol. The number of aromatic nitrogens is 1. The lowest BCUT2D eigenvalue weighted by Crippen LogP contribution is -2.23. The molecule has 2 nitrogen and oxygen atoms in total. The number of hydrogen-bond acceptors (Lipinski definition) is 3. The topological polar surface area (TPSA) is 24.9 Å². The van der Waals surface area contributed by atoms with E-state index in [1.54, 1.807) is 0 Å². The van der Waals surface area contributed by atoms with E-state index in [9.17, 15) is 0 Å². The van der Waals surface area contributed by atoms with Gasteiger partial charge in [-0.05, 0) is 38.1 Å². The molecule has 0 amide bonds. The molecule has 1 unspecified atom stereocenters. The lowest BCUT2D eigenvalue weighted by molar-refractivity contribution is 0.595. The Bertz CT molecular complexity index is 324. The lowest BCUT2D eigenvalue weighted by Gasteiger charge is -2.06. The van der Waals surface area contributed by atoms with Gasteiger partial charge in [0.1, 0.15) is 0 Å². The Morgan fingerprint density at radius 2 is 2.27 bits per heavy atom. The summed E-state index contributed by atoms with van der Waals surface area (Å²) in [5.74, 6) is 0.966. The fourth-order valence-corrected chi connectivity index (χ4v) is 3.21. The molecule has 0 bridgehead atoms. The Morgan fingerprint density at radius 3 is 3.00 bits per heavy atom. The van der Waals surface area contributed by atoms with Crippen LogP contribution in [0.4, 0.5) is 0 Å². The predicted molar refractivity (Wildman–Crippen MR) is 63.3 cm³/mol. The lowest BCUT2D eigenvalue weighted by atomic mass is 10.1. The maximum Gasteiger partial charge on any atom is 0.0931 e. The second-order valence-electron chi connectivity index (χ2n) is 4.88. The van der Waals surface area contributed by atoms with Crippen molar-refractivity contribution in [2.75, 3.05) is 6.54 Å². The van der Waals surface area contributed by atoms with Crippen LogP contribution < -0.4 is 5.32 Å². The van der Waals surface area contributed by atoms with E-state index in [0.29, 0.717) is 6.04 Å². The molecule has 1 atom stereocenters. The third-order valence-corrected chi connectivity index (χ3v) is 4.30. The zero-order valence-electron chi connectivity index (χ0n) is 9.04. The number of thiazole rings is 1. The van der Waals surface area contributed by atoms with Crippen LogP contribution >= 0.6 is 11.3 Å². The van der Waals surface area contributed by atoms with Crippen molar-refractivity contribution in [2.45, 2.75) is 44.6 Å². The van der Waals surface area contributed by atoms with E-state index in [1.807, 2.05) is 11.3 Å². The van der Waals surface area contributed by atoms with Crippen molar-refractivity contribution in [1.29, 1.82) is 0 Å². The van der Waals surface area contributed by atoms with Crippen LogP contribution in [0, 0.1) is 5.92 Å². The molecule has 2 heterocycles. The molecule has 1 aliphatic heterocycles. The van der Waals surface area contributed by atoms with Gasteiger partial charge >= 0.3 is 0 Å². The molecule has 82 valence electrons. The van der Waals surface area contributed by atoms with Crippen LogP contribution in [0.15, 0.2) is 5.38 Å². The minimum absolute atomic E-state index is 0.695. The Morgan fingerprint density at radius 1 is 1.33 bits per heavy atom. The standard InChI is InChI=1S/C12H18N2S/c1-2-10(13-5-1)7-11-8-15-12(14-11)6-9-3-4-9/h8-10,13H,1-7H2. The van der Waals surface area contributed by atoms with E-state index >= 15 is 0 Å². The molecule has 1 N–H and O–H groups in total. The van der Waals surface area contributed by atoms with Crippen LogP contribution in [0.25, 0.3) is 0 Å². The van der Waals surface area contributed by atoms with E-state index in [1.165, 1.54) is 49.4 Å². The second kappa shape index (κ2) is 4.22. The largest absolute Gasteiger partial charge is 0.314 e. The Labute approximate surface area is 95.1 Å². The van der Waals surface area contributed by atoms with E-state index in [2.05, 4.69) is 10.7 Å². The molecule has 1 aromatic rings. The summed E-state index contributed by atoms with van der Waals surface area (Å²) in [6.45, 7) is 1.20. The summed E-state index contributed by atoms with van der Waals surface area (Å²) in [6.07, 6.45) is 7.90. The van der Waals surface area contributed by atoms with E-state index in [4.69, 9.17) is 4.98 Å². The van der Waals surface area contributed by atoms with Crippen molar-refractivity contribution in [1.82, 2.24) is 10.3 Å². The van der Waals surface area contributed by atoms with Crippen molar-refractivity contribution < 1.29 is 0 Å². The molecule has 3 heteroatoms. The second-order valence-corrected chi connectivity index (χ2v) is 5.82. The highest BCUT2D eigenvalue weighted by Crippen LogP contribution is 2.33. The molecule has 15 heavy (non-hydrogen) atoms. The fraction of sp³-hybridized carbons (Fsp3) is 0.750. The molecule has 1 saturated heterocycles. The molecule has 2 aliphatic rings. The highest BCUT2D eigenvalue weighted by atomic mass is 32.1. The zero-order chi connectivity index (χ0) is 10.1. The van der Waals surface area contributed by atoms with Crippen LogP contribution in [0.2, 0.25) is 0 Å². The number of rotatable bonds is 4. The summed E-state index contributed by atoms with van der Waals surface area (Å²) in [4.78, 5) is 4.73. The Balaban J connectivity index is 1.57. The van der Waals surface area contributed by atoms with Crippen LogP contribution in [0.3, 0.4) is 0 Å². The number of nitrogens with zero attached hydrogens (tertiary/aromatic N) is 1. The molecular formula is C12H18N2S. The maximum absolute atomic E-state index is 4.73. The van der Waals surface area contributed by atoms with Gasteiger partial charge < -0.3 is 5.32 Å². The molecule has 1 aliphatic carbocycles. The van der Waals surface area contributed by atoms with Crippen LogP contribution in [-0.2, 0) is 12.8 Å². The van der Waals surface area contributed by atoms with Gasteiger partial charge in [-0.2, -0.15) is 0 Å². The summed E-state index contributed by atoms with van der Waals surface area (Å²) < 4.78 is 0. The average Bonchev–Trinajstić information content (AvgIpc) is 2.74. The third-order valence-electron chi connectivity index (χ3n) is 3.38. The minimum Gasteiger partial charge on any atom is -0.314 e. The van der Waals surface area contributed by atoms with Crippen LogP contribution in [0.1, 0.15) is 36.4 Å². The smallest absolute Gasteiger partial charge is 0.0931 e. The number of hydrogen-bond donors (Lipinski definition) is 1. The van der Waals surface area contributed by atoms with Gasteiger partial charge in [-0.1, -0.05) is 0 Å². The predicted octanol–water partition coefficient (Wildman–Crippen LogP) is 2.39. The highest BCUT2D eigenvalue weighted by molar-refractivity contribution is 7.09. The Kier molecular flexibility index (Phi) is 2.76. The first-order valence-electron chi connectivity index (χ1n) is 6.07. The highest BCUT2D eigenvalue weighted by Gasteiger charge is 2.23. The van der Waals surface area contributed by atoms with Crippen molar-refractivity contribution in [3.8, 4) is 0 Å². The molecule has 0 spiro atoms. The molecule has 2 fully saturated rings. The summed E-state index contributed by atoms with van der Waals surface area (Å²) >= 11 is 1.86. The summed E-state index contributed by atoms with van der Waals surface area (Å²) in [7, 11) is 0. The van der Waals surface area contributed by atoms with Gasteiger partial charge in [0.15, 0.2) is 0 Å². The van der Waals surface area contributed by atoms with Gasteiger partial charge in [0.05, 0.1) is 10.7 Å². The fourth-order valence-electron chi connectivity index (χ4n) is 2.29. The van der Waals surface area contributed by atoms with Gasteiger partial charge in [0.25, 0.3) is 0 Å².